The average molecular weight is 261 g/mol. The maximum atomic E-state index is 12.3. The number of hydrogen-bond acceptors (Lipinski definition) is 1. The first-order valence-corrected chi connectivity index (χ1v) is 7.30. The molecule has 0 saturated carbocycles. The molecule has 0 bridgehead atoms. The Hall–Kier alpha value is -1.35. The number of quaternary nitrogens is 1. The van der Waals surface area contributed by atoms with Crippen molar-refractivity contribution in [3.63, 3.8) is 0 Å². The Morgan fingerprint density at radius 1 is 1.21 bits per heavy atom. The first-order chi connectivity index (χ1) is 9.08. The van der Waals surface area contributed by atoms with Crippen molar-refractivity contribution in [2.45, 2.75) is 46.1 Å². The number of aryl methyl sites for hydroxylation is 2. The predicted octanol–water partition coefficient (Wildman–Crippen LogP) is 1.70. The molecular weight excluding hydrogens is 236 g/mol. The first kappa shape index (κ1) is 14.1. The number of nitrogens with one attached hydrogen (secondary N) is 2. The molecule has 1 aromatic carbocycles. The van der Waals surface area contributed by atoms with Crippen molar-refractivity contribution in [2.75, 3.05) is 18.4 Å². The van der Waals surface area contributed by atoms with Gasteiger partial charge in [-0.3, -0.25) is 4.79 Å². The van der Waals surface area contributed by atoms with E-state index < -0.39 is 0 Å². The molecule has 104 valence electrons. The van der Waals surface area contributed by atoms with E-state index in [4.69, 9.17) is 0 Å². The van der Waals surface area contributed by atoms with Crippen molar-refractivity contribution >= 4 is 11.6 Å². The van der Waals surface area contributed by atoms with Crippen LogP contribution in [0.3, 0.4) is 0 Å². The Morgan fingerprint density at radius 3 is 2.53 bits per heavy atom. The third-order valence-electron chi connectivity index (χ3n) is 4.14. The van der Waals surface area contributed by atoms with Gasteiger partial charge in [-0.25, -0.2) is 0 Å². The fourth-order valence-corrected chi connectivity index (χ4v) is 2.82. The summed E-state index contributed by atoms with van der Waals surface area (Å²) in [5.74, 6) is 0.142. The predicted molar refractivity (Wildman–Crippen MR) is 78.6 cm³/mol. The maximum Gasteiger partial charge on any atom is 0.282 e. The molecule has 3 nitrogen and oxygen atoms in total. The van der Waals surface area contributed by atoms with Crippen LogP contribution >= 0.6 is 0 Å². The summed E-state index contributed by atoms with van der Waals surface area (Å²) in [5, 5.41) is 3.07. The van der Waals surface area contributed by atoms with Crippen LogP contribution in [-0.4, -0.2) is 25.0 Å². The maximum absolute atomic E-state index is 12.3. The van der Waals surface area contributed by atoms with E-state index in [9.17, 15) is 4.79 Å². The molecule has 2 N–H and O–H groups in total. The summed E-state index contributed by atoms with van der Waals surface area (Å²) in [6.45, 7) is 8.41. The van der Waals surface area contributed by atoms with Crippen LogP contribution in [0.15, 0.2) is 18.2 Å². The van der Waals surface area contributed by atoms with Crippen molar-refractivity contribution < 1.29 is 9.69 Å². The van der Waals surface area contributed by atoms with Crippen molar-refractivity contribution in [1.29, 1.82) is 0 Å². The number of carbonyl (C=O) groups excluding carboxylic acids is 1. The minimum atomic E-state index is 0.0426. The number of piperidine rings is 1. The van der Waals surface area contributed by atoms with E-state index in [1.54, 1.807) is 0 Å². The zero-order valence-corrected chi connectivity index (χ0v) is 12.3. The van der Waals surface area contributed by atoms with Gasteiger partial charge in [0.2, 0.25) is 0 Å². The Morgan fingerprint density at radius 2 is 1.89 bits per heavy atom. The summed E-state index contributed by atoms with van der Waals surface area (Å²) in [6, 6.07) is 6.19. The standard InChI is InChI=1S/C16H24N2O/c1-12-7-8-15(13(2)11-12)17-16(19)14(3)18-9-5-4-6-10-18/h7-8,11,14H,4-6,9-10H2,1-3H3,(H,17,19)/p+1/t14-/m0/s1. The molecule has 1 saturated heterocycles. The van der Waals surface area contributed by atoms with Gasteiger partial charge >= 0.3 is 0 Å². The molecule has 0 unspecified atom stereocenters. The van der Waals surface area contributed by atoms with Crippen LogP contribution in [0.2, 0.25) is 0 Å². The van der Waals surface area contributed by atoms with Crippen molar-refractivity contribution in [1.82, 2.24) is 0 Å². The van der Waals surface area contributed by atoms with E-state index in [2.05, 4.69) is 18.3 Å². The highest BCUT2D eigenvalue weighted by Gasteiger charge is 2.26. The van der Waals surface area contributed by atoms with Gasteiger partial charge in [0.25, 0.3) is 5.91 Å². The highest BCUT2D eigenvalue weighted by atomic mass is 16.2. The van der Waals surface area contributed by atoms with Gasteiger partial charge in [0.15, 0.2) is 6.04 Å². The molecule has 1 fully saturated rings. The molecule has 1 aliphatic heterocycles. The van der Waals surface area contributed by atoms with Crippen molar-refractivity contribution in [2.24, 2.45) is 0 Å². The zero-order valence-electron chi connectivity index (χ0n) is 12.3. The molecule has 2 rings (SSSR count). The molecule has 1 atom stereocenters. The second kappa shape index (κ2) is 6.20. The number of amides is 1. The van der Waals surface area contributed by atoms with E-state index in [1.165, 1.54) is 29.7 Å². The largest absolute Gasteiger partial charge is 0.325 e. The Balaban J connectivity index is 1.99. The quantitative estimate of drug-likeness (QED) is 0.853. The first-order valence-electron chi connectivity index (χ1n) is 7.30. The van der Waals surface area contributed by atoms with Crippen LogP contribution in [0.1, 0.15) is 37.3 Å². The summed E-state index contributed by atoms with van der Waals surface area (Å²) in [4.78, 5) is 13.7. The average Bonchev–Trinajstić information content (AvgIpc) is 2.42. The Bertz CT molecular complexity index is 450. The highest BCUT2D eigenvalue weighted by Crippen LogP contribution is 2.16. The summed E-state index contributed by atoms with van der Waals surface area (Å²) >= 11 is 0. The summed E-state index contributed by atoms with van der Waals surface area (Å²) in [6.07, 6.45) is 3.81. The van der Waals surface area contributed by atoms with Gasteiger partial charge in [-0.15, -0.1) is 0 Å². The minimum absolute atomic E-state index is 0.0426. The van der Waals surface area contributed by atoms with Crippen molar-refractivity contribution in [3.05, 3.63) is 29.3 Å². The lowest BCUT2D eigenvalue weighted by Crippen LogP contribution is -3.17. The fourth-order valence-electron chi connectivity index (χ4n) is 2.82. The molecule has 1 amide bonds. The summed E-state index contributed by atoms with van der Waals surface area (Å²) in [5.41, 5.74) is 3.30. The van der Waals surface area contributed by atoms with Crippen LogP contribution < -0.4 is 10.2 Å². The van der Waals surface area contributed by atoms with E-state index >= 15 is 0 Å². The number of rotatable bonds is 3. The number of likely N-dealkylation sites (tertiary alicyclic amines) is 1. The lowest BCUT2D eigenvalue weighted by atomic mass is 10.1. The van der Waals surface area contributed by atoms with Crippen LogP contribution in [0.25, 0.3) is 0 Å². The molecule has 1 aromatic rings. The molecule has 3 heteroatoms. The van der Waals surface area contributed by atoms with Gasteiger partial charge in [0.05, 0.1) is 13.1 Å². The minimum Gasteiger partial charge on any atom is -0.325 e. The topological polar surface area (TPSA) is 33.5 Å². The third kappa shape index (κ3) is 3.57. The molecule has 0 radical (unpaired) electrons. The molecule has 19 heavy (non-hydrogen) atoms. The molecule has 1 aliphatic rings. The van der Waals surface area contributed by atoms with Gasteiger partial charge in [0, 0.05) is 5.69 Å². The van der Waals surface area contributed by atoms with E-state index in [1.807, 2.05) is 26.0 Å². The van der Waals surface area contributed by atoms with E-state index in [0.29, 0.717) is 0 Å². The van der Waals surface area contributed by atoms with Crippen LogP contribution in [0.4, 0.5) is 5.69 Å². The molecule has 1 heterocycles. The summed E-state index contributed by atoms with van der Waals surface area (Å²) in [7, 11) is 0. The van der Waals surface area contributed by atoms with Gasteiger partial charge in [0.1, 0.15) is 0 Å². The van der Waals surface area contributed by atoms with Gasteiger partial charge in [-0.2, -0.15) is 0 Å². The normalized spacial score (nSPS) is 18.1. The second-order valence-electron chi connectivity index (χ2n) is 5.75. The van der Waals surface area contributed by atoms with E-state index in [-0.39, 0.29) is 11.9 Å². The Kier molecular flexibility index (Phi) is 4.59. The lowest BCUT2D eigenvalue weighted by molar-refractivity contribution is -0.918. The number of hydrogen-bond donors (Lipinski definition) is 2. The SMILES string of the molecule is Cc1ccc(NC(=O)[C@H](C)[NH+]2CCCCC2)c(C)c1. The molecule has 0 spiro atoms. The van der Waals surface area contributed by atoms with E-state index in [0.717, 1.165) is 24.3 Å². The van der Waals surface area contributed by atoms with Gasteiger partial charge in [-0.05, 0) is 51.7 Å². The Labute approximate surface area is 116 Å². The number of carbonyl (C=O) groups is 1. The van der Waals surface area contributed by atoms with Gasteiger partial charge in [-0.1, -0.05) is 17.7 Å². The second-order valence-corrected chi connectivity index (χ2v) is 5.75. The highest BCUT2D eigenvalue weighted by molar-refractivity contribution is 5.94. The van der Waals surface area contributed by atoms with Crippen molar-refractivity contribution in [3.8, 4) is 0 Å². The summed E-state index contributed by atoms with van der Waals surface area (Å²) < 4.78 is 0. The third-order valence-corrected chi connectivity index (χ3v) is 4.14. The molecular formula is C16H25N2O+. The molecule has 0 aliphatic carbocycles. The number of anilines is 1. The van der Waals surface area contributed by atoms with Gasteiger partial charge < -0.3 is 10.2 Å². The monoisotopic (exact) mass is 261 g/mol. The van der Waals surface area contributed by atoms with Crippen LogP contribution in [0, 0.1) is 13.8 Å². The van der Waals surface area contributed by atoms with Crippen LogP contribution in [-0.2, 0) is 4.79 Å². The smallest absolute Gasteiger partial charge is 0.282 e. The lowest BCUT2D eigenvalue weighted by Gasteiger charge is -2.28. The number of benzene rings is 1. The van der Waals surface area contributed by atoms with Crippen LogP contribution in [0.5, 0.6) is 0 Å². The fraction of sp³-hybridized carbons (Fsp3) is 0.562. The molecule has 0 aromatic heterocycles. The zero-order chi connectivity index (χ0) is 13.8.